The van der Waals surface area contributed by atoms with Crippen LogP contribution >= 0.6 is 0 Å². The minimum atomic E-state index is -0.577. The lowest BCUT2D eigenvalue weighted by atomic mass is 9.95. The molecule has 1 aliphatic heterocycles. The van der Waals surface area contributed by atoms with Gasteiger partial charge in [-0.2, -0.15) is 0 Å². The van der Waals surface area contributed by atoms with E-state index in [0.29, 0.717) is 6.61 Å². The highest BCUT2D eigenvalue weighted by Gasteiger charge is 2.40. The standard InChI is InChI=1S/C25H38O5/c1-3-4-8-11-23(18-26)28-22-14-12-21(13-15-22)20(2)24-19-27-25(30-29-24)16-9-6-5-7-10-17-25/h12-15,23-24,26H,2-11,16-19H2,1H3. The Hall–Kier alpha value is -1.40. The van der Waals surface area contributed by atoms with Crippen LogP contribution in [0.15, 0.2) is 30.8 Å². The molecule has 5 nitrogen and oxygen atoms in total. The highest BCUT2D eigenvalue weighted by atomic mass is 17.2. The van der Waals surface area contributed by atoms with Gasteiger partial charge in [0.15, 0.2) is 0 Å². The fraction of sp³-hybridized carbons (Fsp3) is 0.680. The lowest BCUT2D eigenvalue weighted by molar-refractivity contribution is -0.481. The molecule has 1 aromatic carbocycles. The average Bonchev–Trinajstić information content (AvgIpc) is 2.76. The van der Waals surface area contributed by atoms with Crippen molar-refractivity contribution in [1.29, 1.82) is 0 Å². The molecule has 1 heterocycles. The Labute approximate surface area is 181 Å². The molecule has 2 aliphatic rings. The van der Waals surface area contributed by atoms with Crippen LogP contribution in [0.25, 0.3) is 5.57 Å². The molecule has 1 aromatic rings. The van der Waals surface area contributed by atoms with E-state index in [1.54, 1.807) is 0 Å². The van der Waals surface area contributed by atoms with Crippen molar-refractivity contribution < 1.29 is 24.4 Å². The number of aliphatic hydroxyl groups is 1. The van der Waals surface area contributed by atoms with Crippen molar-refractivity contribution in [2.45, 2.75) is 95.5 Å². The predicted molar refractivity (Wildman–Crippen MR) is 118 cm³/mol. The van der Waals surface area contributed by atoms with E-state index in [2.05, 4.69) is 13.5 Å². The van der Waals surface area contributed by atoms with Crippen LogP contribution in [0, 0.1) is 0 Å². The van der Waals surface area contributed by atoms with E-state index in [-0.39, 0.29) is 18.8 Å². The second kappa shape index (κ2) is 11.8. The molecule has 30 heavy (non-hydrogen) atoms. The second-order valence-electron chi connectivity index (χ2n) is 8.63. The Balaban J connectivity index is 1.51. The molecule has 0 bridgehead atoms. The maximum Gasteiger partial charge on any atom is 0.201 e. The summed E-state index contributed by atoms with van der Waals surface area (Å²) >= 11 is 0. The van der Waals surface area contributed by atoms with E-state index in [1.807, 2.05) is 24.3 Å². The minimum absolute atomic E-state index is 0.0323. The molecule has 1 N–H and O–H groups in total. The van der Waals surface area contributed by atoms with Crippen molar-refractivity contribution in [1.82, 2.24) is 0 Å². The van der Waals surface area contributed by atoms with Gasteiger partial charge in [-0.15, -0.1) is 0 Å². The van der Waals surface area contributed by atoms with Crippen molar-refractivity contribution in [3.63, 3.8) is 0 Å². The molecule has 0 aromatic heterocycles. The van der Waals surface area contributed by atoms with E-state index in [4.69, 9.17) is 19.2 Å². The third-order valence-electron chi connectivity index (χ3n) is 6.18. The Morgan fingerprint density at radius 1 is 1.13 bits per heavy atom. The van der Waals surface area contributed by atoms with Gasteiger partial charge in [-0.1, -0.05) is 57.7 Å². The first kappa shape index (κ1) is 23.3. The lowest BCUT2D eigenvalue weighted by Crippen LogP contribution is -2.45. The monoisotopic (exact) mass is 418 g/mol. The highest BCUT2D eigenvalue weighted by Crippen LogP contribution is 2.36. The molecular formula is C25H38O5. The topological polar surface area (TPSA) is 57.2 Å². The largest absolute Gasteiger partial charge is 0.488 e. The fourth-order valence-corrected chi connectivity index (χ4v) is 4.19. The van der Waals surface area contributed by atoms with Crippen molar-refractivity contribution in [3.05, 3.63) is 36.4 Å². The van der Waals surface area contributed by atoms with Crippen LogP contribution in [0.3, 0.4) is 0 Å². The molecule has 2 fully saturated rings. The molecule has 5 heteroatoms. The third-order valence-corrected chi connectivity index (χ3v) is 6.18. The Morgan fingerprint density at radius 2 is 1.83 bits per heavy atom. The van der Waals surface area contributed by atoms with Crippen LogP contribution < -0.4 is 4.74 Å². The summed E-state index contributed by atoms with van der Waals surface area (Å²) < 4.78 is 12.1. The number of benzene rings is 1. The number of aliphatic hydroxyl groups excluding tert-OH is 1. The van der Waals surface area contributed by atoms with Gasteiger partial charge >= 0.3 is 0 Å². The molecule has 1 spiro atoms. The van der Waals surface area contributed by atoms with Gasteiger partial charge in [-0.3, -0.25) is 0 Å². The number of unbranched alkanes of at least 4 members (excludes halogenated alkanes) is 2. The van der Waals surface area contributed by atoms with Gasteiger partial charge in [0, 0.05) is 12.8 Å². The van der Waals surface area contributed by atoms with Crippen LogP contribution in [0.1, 0.15) is 83.1 Å². The van der Waals surface area contributed by atoms with Gasteiger partial charge in [0.1, 0.15) is 18.0 Å². The SMILES string of the molecule is C=C(c1ccc(OC(CO)CCCCC)cc1)C1COC2(CCCCCCC2)OO1. The van der Waals surface area contributed by atoms with E-state index in [1.165, 1.54) is 19.3 Å². The zero-order valence-corrected chi connectivity index (χ0v) is 18.4. The lowest BCUT2D eigenvalue weighted by Gasteiger charge is -2.40. The van der Waals surface area contributed by atoms with Crippen molar-refractivity contribution in [2.75, 3.05) is 13.2 Å². The molecule has 0 radical (unpaired) electrons. The molecule has 0 amide bonds. The van der Waals surface area contributed by atoms with E-state index in [0.717, 1.165) is 68.3 Å². The van der Waals surface area contributed by atoms with Crippen molar-refractivity contribution >= 4 is 5.57 Å². The van der Waals surface area contributed by atoms with Crippen LogP contribution in [-0.4, -0.2) is 36.3 Å². The summed E-state index contributed by atoms with van der Waals surface area (Å²) in [6, 6.07) is 7.79. The van der Waals surface area contributed by atoms with Crippen molar-refractivity contribution in [3.8, 4) is 5.75 Å². The van der Waals surface area contributed by atoms with Gasteiger partial charge in [0.2, 0.25) is 5.79 Å². The van der Waals surface area contributed by atoms with Crippen LogP contribution in [0.2, 0.25) is 0 Å². The first-order valence-corrected chi connectivity index (χ1v) is 11.7. The number of ether oxygens (including phenoxy) is 2. The summed E-state index contributed by atoms with van der Waals surface area (Å²) in [5.41, 5.74) is 1.81. The van der Waals surface area contributed by atoms with Gasteiger partial charge in [-0.05, 0) is 49.0 Å². The van der Waals surface area contributed by atoms with Gasteiger partial charge < -0.3 is 14.6 Å². The third kappa shape index (κ3) is 6.55. The van der Waals surface area contributed by atoms with Crippen LogP contribution in [0.4, 0.5) is 0 Å². The molecular weight excluding hydrogens is 380 g/mol. The number of hydrogen-bond acceptors (Lipinski definition) is 5. The van der Waals surface area contributed by atoms with Crippen LogP contribution in [-0.2, 0) is 14.5 Å². The summed E-state index contributed by atoms with van der Waals surface area (Å²) in [7, 11) is 0. The smallest absolute Gasteiger partial charge is 0.201 e. The highest BCUT2D eigenvalue weighted by molar-refractivity contribution is 5.67. The molecule has 2 atom stereocenters. The quantitative estimate of drug-likeness (QED) is 0.405. The maximum atomic E-state index is 9.55. The number of hydrogen-bond donors (Lipinski definition) is 1. The summed E-state index contributed by atoms with van der Waals surface area (Å²) in [6.45, 7) is 6.87. The first-order valence-electron chi connectivity index (χ1n) is 11.7. The van der Waals surface area contributed by atoms with Gasteiger partial charge in [0.25, 0.3) is 0 Å². The molecule has 1 aliphatic carbocycles. The molecule has 168 valence electrons. The second-order valence-corrected chi connectivity index (χ2v) is 8.63. The minimum Gasteiger partial charge on any atom is -0.488 e. The van der Waals surface area contributed by atoms with Crippen molar-refractivity contribution in [2.24, 2.45) is 0 Å². The normalized spacial score (nSPS) is 22.8. The Bertz CT molecular complexity index is 623. The van der Waals surface area contributed by atoms with Crippen LogP contribution in [0.5, 0.6) is 5.75 Å². The fourth-order valence-electron chi connectivity index (χ4n) is 4.19. The number of rotatable bonds is 9. The average molecular weight is 419 g/mol. The molecule has 2 unspecified atom stereocenters. The molecule has 3 rings (SSSR count). The summed E-state index contributed by atoms with van der Waals surface area (Å²) in [4.78, 5) is 11.6. The summed E-state index contributed by atoms with van der Waals surface area (Å²) in [5, 5.41) is 9.55. The van der Waals surface area contributed by atoms with Gasteiger partial charge in [0.05, 0.1) is 13.2 Å². The Kier molecular flexibility index (Phi) is 9.19. The van der Waals surface area contributed by atoms with Gasteiger partial charge in [-0.25, -0.2) is 9.78 Å². The molecule has 1 saturated heterocycles. The Morgan fingerprint density at radius 3 is 2.43 bits per heavy atom. The maximum absolute atomic E-state index is 9.55. The predicted octanol–water partition coefficient (Wildman–Crippen LogP) is 5.81. The zero-order valence-electron chi connectivity index (χ0n) is 18.4. The molecule has 1 saturated carbocycles. The zero-order chi connectivity index (χ0) is 21.2. The summed E-state index contributed by atoms with van der Waals surface area (Å²) in [6.07, 6.45) is 11.6. The van der Waals surface area contributed by atoms with E-state index < -0.39 is 5.79 Å². The van der Waals surface area contributed by atoms with E-state index in [9.17, 15) is 5.11 Å². The first-order chi connectivity index (χ1) is 14.7. The summed E-state index contributed by atoms with van der Waals surface area (Å²) in [5.74, 6) is 0.180. The van der Waals surface area contributed by atoms with E-state index >= 15 is 0 Å².